The molecule has 7 heteroatoms. The van der Waals surface area contributed by atoms with Gasteiger partial charge in [-0.15, -0.1) is 0 Å². The number of carbonyl (C=O) groups excluding carboxylic acids is 3. The largest absolute Gasteiger partial charge is 0.462 e. The number of anilines is 1. The molecule has 4 rings (SSSR count). The third-order valence-corrected chi connectivity index (χ3v) is 7.61. The van der Waals surface area contributed by atoms with E-state index in [1.54, 1.807) is 24.3 Å². The van der Waals surface area contributed by atoms with Crippen LogP contribution >= 0.6 is 11.8 Å². The van der Waals surface area contributed by atoms with Gasteiger partial charge in [-0.3, -0.25) is 9.59 Å². The predicted molar refractivity (Wildman–Crippen MR) is 138 cm³/mol. The Morgan fingerprint density at radius 2 is 1.66 bits per heavy atom. The number of nitrogens with zero attached hydrogens (tertiary/aromatic N) is 2. The first-order valence-electron chi connectivity index (χ1n) is 12.3. The highest BCUT2D eigenvalue weighted by atomic mass is 32.2. The summed E-state index contributed by atoms with van der Waals surface area (Å²) in [5.74, 6) is -1.07. The molecular weight excluding hydrogens is 460 g/mol. The molecule has 0 atom stereocenters. The van der Waals surface area contributed by atoms with Crippen molar-refractivity contribution in [3.63, 3.8) is 0 Å². The van der Waals surface area contributed by atoms with Crippen LogP contribution in [0, 0.1) is 6.92 Å². The number of likely N-dealkylation sites (N-methyl/N-ethyl adjacent to an activating group) is 1. The monoisotopic (exact) mass is 492 g/mol. The number of thioether (sulfide) groups is 1. The Labute approximate surface area is 211 Å². The maximum Gasteiger partial charge on any atom is 0.338 e. The van der Waals surface area contributed by atoms with Gasteiger partial charge >= 0.3 is 5.97 Å². The number of benzene rings is 2. The van der Waals surface area contributed by atoms with Crippen molar-refractivity contribution in [1.82, 2.24) is 4.90 Å². The Hall–Kier alpha value is -3.06. The molecule has 2 aliphatic rings. The van der Waals surface area contributed by atoms with E-state index in [9.17, 15) is 14.4 Å². The van der Waals surface area contributed by atoms with E-state index in [1.807, 2.05) is 50.1 Å². The van der Waals surface area contributed by atoms with Gasteiger partial charge in [0, 0.05) is 18.0 Å². The minimum Gasteiger partial charge on any atom is -0.462 e. The molecule has 0 aromatic heterocycles. The Bertz CT molecular complexity index is 1120. The third-order valence-electron chi connectivity index (χ3n) is 6.53. The quantitative estimate of drug-likeness (QED) is 0.348. The lowest BCUT2D eigenvalue weighted by atomic mass is 9.94. The molecule has 1 saturated carbocycles. The standard InChI is InChI=1S/C28H32N2O4S/c1-4-18-34-28(33)20-12-14-22(15-13-20)30-26(31)24(29(3)21-8-6-5-7-9-21)25(27(30)32)35-23-16-10-19(2)11-17-23/h10-17,21H,4-9,18H2,1-3H3. The zero-order chi connectivity index (χ0) is 24.9. The highest BCUT2D eigenvalue weighted by Crippen LogP contribution is 2.40. The molecule has 1 fully saturated rings. The maximum atomic E-state index is 13.7. The van der Waals surface area contributed by atoms with Crippen LogP contribution in [0.3, 0.4) is 0 Å². The fourth-order valence-corrected chi connectivity index (χ4v) is 5.55. The molecule has 184 valence electrons. The van der Waals surface area contributed by atoms with Crippen LogP contribution in [0.2, 0.25) is 0 Å². The maximum absolute atomic E-state index is 13.7. The SMILES string of the molecule is CCCOC(=O)c1ccc(N2C(=O)C(Sc3ccc(C)cc3)=C(N(C)C3CCCCC3)C2=O)cc1. The van der Waals surface area contributed by atoms with Crippen molar-refractivity contribution in [3.8, 4) is 0 Å². The Balaban J connectivity index is 1.65. The zero-order valence-electron chi connectivity index (χ0n) is 20.6. The molecule has 0 radical (unpaired) electrons. The summed E-state index contributed by atoms with van der Waals surface area (Å²) >= 11 is 1.34. The van der Waals surface area contributed by atoms with Crippen LogP contribution in [0.4, 0.5) is 5.69 Å². The van der Waals surface area contributed by atoms with Gasteiger partial charge < -0.3 is 9.64 Å². The summed E-state index contributed by atoms with van der Waals surface area (Å²) in [5, 5.41) is 0. The molecule has 0 unspecified atom stereocenters. The Morgan fingerprint density at radius 1 is 1.00 bits per heavy atom. The normalized spacial score (nSPS) is 16.7. The van der Waals surface area contributed by atoms with Crippen molar-refractivity contribution in [3.05, 3.63) is 70.3 Å². The molecule has 6 nitrogen and oxygen atoms in total. The molecule has 35 heavy (non-hydrogen) atoms. The second kappa shape index (κ2) is 11.1. The van der Waals surface area contributed by atoms with Crippen molar-refractivity contribution >= 4 is 35.2 Å². The lowest BCUT2D eigenvalue weighted by Gasteiger charge is -2.33. The van der Waals surface area contributed by atoms with Crippen molar-refractivity contribution in [2.45, 2.75) is 63.3 Å². The van der Waals surface area contributed by atoms with Crippen LogP contribution in [0.5, 0.6) is 0 Å². The topological polar surface area (TPSA) is 66.9 Å². The van der Waals surface area contributed by atoms with E-state index < -0.39 is 5.97 Å². The van der Waals surface area contributed by atoms with Crippen LogP contribution in [0.15, 0.2) is 64.0 Å². The minimum atomic E-state index is -0.413. The van der Waals surface area contributed by atoms with Gasteiger partial charge in [-0.25, -0.2) is 9.69 Å². The van der Waals surface area contributed by atoms with Crippen LogP contribution in [0.1, 0.15) is 61.4 Å². The van der Waals surface area contributed by atoms with Crippen molar-refractivity contribution < 1.29 is 19.1 Å². The second-order valence-corrected chi connectivity index (χ2v) is 10.2. The number of hydrogen-bond donors (Lipinski definition) is 0. The van der Waals surface area contributed by atoms with Gasteiger partial charge in [-0.1, -0.05) is 55.6 Å². The first-order valence-corrected chi connectivity index (χ1v) is 13.1. The fraction of sp³-hybridized carbons (Fsp3) is 0.393. The first-order chi connectivity index (χ1) is 16.9. The molecule has 1 aliphatic heterocycles. The lowest BCUT2D eigenvalue weighted by molar-refractivity contribution is -0.121. The van der Waals surface area contributed by atoms with E-state index in [2.05, 4.69) is 0 Å². The summed E-state index contributed by atoms with van der Waals surface area (Å²) in [6.07, 6.45) is 6.23. The number of ether oxygens (including phenoxy) is 1. The summed E-state index contributed by atoms with van der Waals surface area (Å²) in [7, 11) is 1.93. The van der Waals surface area contributed by atoms with E-state index in [4.69, 9.17) is 4.74 Å². The number of aryl methyl sites for hydroxylation is 1. The highest BCUT2D eigenvalue weighted by Gasteiger charge is 2.43. The molecule has 2 amide bonds. The van der Waals surface area contributed by atoms with Gasteiger partial charge in [0.25, 0.3) is 11.8 Å². The molecular formula is C28H32N2O4S. The smallest absolute Gasteiger partial charge is 0.338 e. The molecule has 2 aromatic carbocycles. The highest BCUT2D eigenvalue weighted by molar-refractivity contribution is 8.04. The van der Waals surface area contributed by atoms with Gasteiger partial charge in [-0.2, -0.15) is 0 Å². The summed E-state index contributed by atoms with van der Waals surface area (Å²) in [6, 6.07) is 14.7. The van der Waals surface area contributed by atoms with E-state index >= 15 is 0 Å². The van der Waals surface area contributed by atoms with E-state index in [0.29, 0.717) is 28.5 Å². The predicted octanol–water partition coefficient (Wildman–Crippen LogP) is 5.70. The van der Waals surface area contributed by atoms with Gasteiger partial charge in [0.05, 0.1) is 17.9 Å². The number of imide groups is 1. The third kappa shape index (κ3) is 5.45. The molecule has 1 heterocycles. The van der Waals surface area contributed by atoms with Crippen molar-refractivity contribution in [2.75, 3.05) is 18.6 Å². The molecule has 2 aromatic rings. The number of carbonyl (C=O) groups is 3. The summed E-state index contributed by atoms with van der Waals surface area (Å²) < 4.78 is 5.19. The van der Waals surface area contributed by atoms with Crippen LogP contribution in [-0.2, 0) is 14.3 Å². The number of hydrogen-bond acceptors (Lipinski definition) is 6. The molecule has 0 N–H and O–H groups in total. The lowest BCUT2D eigenvalue weighted by Crippen LogP contribution is -2.38. The average Bonchev–Trinajstić information content (AvgIpc) is 3.12. The fourth-order valence-electron chi connectivity index (χ4n) is 4.54. The molecule has 0 bridgehead atoms. The molecule has 1 aliphatic carbocycles. The summed E-state index contributed by atoms with van der Waals surface area (Å²) in [6.45, 7) is 4.30. The average molecular weight is 493 g/mol. The second-order valence-electron chi connectivity index (χ2n) is 9.12. The van der Waals surface area contributed by atoms with E-state index in [-0.39, 0.29) is 17.9 Å². The molecule has 0 saturated heterocycles. The van der Waals surface area contributed by atoms with E-state index in [0.717, 1.165) is 42.6 Å². The molecule has 0 spiro atoms. The number of rotatable bonds is 8. The Morgan fingerprint density at radius 3 is 2.29 bits per heavy atom. The number of amides is 2. The van der Waals surface area contributed by atoms with Crippen LogP contribution in [0.25, 0.3) is 0 Å². The van der Waals surface area contributed by atoms with Gasteiger partial charge in [0.1, 0.15) is 10.6 Å². The summed E-state index contributed by atoms with van der Waals surface area (Å²) in [5.41, 5.74) is 2.43. The van der Waals surface area contributed by atoms with Crippen LogP contribution in [-0.4, -0.2) is 42.4 Å². The van der Waals surface area contributed by atoms with Gasteiger partial charge in [0.2, 0.25) is 0 Å². The summed E-state index contributed by atoms with van der Waals surface area (Å²) in [4.78, 5) is 44.1. The minimum absolute atomic E-state index is 0.236. The first kappa shape index (κ1) is 25.0. The Kier molecular flexibility index (Phi) is 7.96. The van der Waals surface area contributed by atoms with Gasteiger partial charge in [0.15, 0.2) is 0 Å². The van der Waals surface area contributed by atoms with E-state index in [1.165, 1.54) is 23.1 Å². The van der Waals surface area contributed by atoms with Gasteiger partial charge in [-0.05, 0) is 62.6 Å². The van der Waals surface area contributed by atoms with Crippen molar-refractivity contribution in [2.24, 2.45) is 0 Å². The van der Waals surface area contributed by atoms with Crippen LogP contribution < -0.4 is 4.90 Å². The number of esters is 1. The van der Waals surface area contributed by atoms with Crippen molar-refractivity contribution in [1.29, 1.82) is 0 Å². The zero-order valence-corrected chi connectivity index (χ0v) is 21.4.